The van der Waals surface area contributed by atoms with Crippen molar-refractivity contribution in [1.82, 2.24) is 14.4 Å². The van der Waals surface area contributed by atoms with Gasteiger partial charge >= 0.3 is 0 Å². The van der Waals surface area contributed by atoms with Gasteiger partial charge in [0.25, 0.3) is 0 Å². The lowest BCUT2D eigenvalue weighted by Crippen LogP contribution is -2.39. The van der Waals surface area contributed by atoms with Crippen molar-refractivity contribution in [3.63, 3.8) is 0 Å². The summed E-state index contributed by atoms with van der Waals surface area (Å²) in [6, 6.07) is 12.2. The molecule has 158 valence electrons. The normalized spacial score (nSPS) is 17.8. The Morgan fingerprint density at radius 3 is 2.83 bits per heavy atom. The van der Waals surface area contributed by atoms with E-state index in [0.29, 0.717) is 35.5 Å². The molecule has 4 rings (SSSR count). The molecule has 2 heterocycles. The van der Waals surface area contributed by atoms with Crippen LogP contribution in [0.2, 0.25) is 5.02 Å². The quantitative estimate of drug-likeness (QED) is 0.580. The first-order valence-electron chi connectivity index (χ1n) is 9.63. The number of aromatic nitrogens is 2. The second-order valence-corrected chi connectivity index (χ2v) is 9.65. The first kappa shape index (κ1) is 20.8. The van der Waals surface area contributed by atoms with Crippen LogP contribution in [0.15, 0.2) is 51.9 Å². The van der Waals surface area contributed by atoms with Gasteiger partial charge < -0.3 is 9.26 Å². The number of sulfonamides is 1. The van der Waals surface area contributed by atoms with Gasteiger partial charge in [0.15, 0.2) is 0 Å². The molecule has 0 radical (unpaired) electrons. The van der Waals surface area contributed by atoms with Crippen molar-refractivity contribution < 1.29 is 17.7 Å². The highest BCUT2D eigenvalue weighted by molar-refractivity contribution is 7.89. The predicted molar refractivity (Wildman–Crippen MR) is 113 cm³/mol. The van der Waals surface area contributed by atoms with Gasteiger partial charge in [-0.15, -0.1) is 0 Å². The maximum Gasteiger partial charge on any atom is 0.243 e. The van der Waals surface area contributed by atoms with Gasteiger partial charge in [0.1, 0.15) is 5.75 Å². The van der Waals surface area contributed by atoms with Crippen LogP contribution in [-0.2, 0) is 10.0 Å². The van der Waals surface area contributed by atoms with E-state index in [-0.39, 0.29) is 17.4 Å². The van der Waals surface area contributed by atoms with Gasteiger partial charge in [-0.05, 0) is 49.6 Å². The number of methoxy groups -OCH3 is 1. The average molecular weight is 448 g/mol. The highest BCUT2D eigenvalue weighted by Gasteiger charge is 2.33. The minimum absolute atomic E-state index is 0.165. The second kappa shape index (κ2) is 8.37. The van der Waals surface area contributed by atoms with Gasteiger partial charge in [0, 0.05) is 23.7 Å². The van der Waals surface area contributed by atoms with Crippen LogP contribution < -0.4 is 4.74 Å². The summed E-state index contributed by atoms with van der Waals surface area (Å²) in [6.45, 7) is 2.57. The highest BCUT2D eigenvalue weighted by Crippen LogP contribution is 2.32. The molecular weight excluding hydrogens is 426 g/mol. The van der Waals surface area contributed by atoms with Gasteiger partial charge in [-0.25, -0.2) is 8.42 Å². The molecule has 1 aliphatic heterocycles. The number of piperidine rings is 1. The number of aryl methyl sites for hydroxylation is 1. The van der Waals surface area contributed by atoms with E-state index in [0.717, 1.165) is 17.5 Å². The van der Waals surface area contributed by atoms with Crippen LogP contribution in [0.5, 0.6) is 5.75 Å². The zero-order valence-corrected chi connectivity index (χ0v) is 18.3. The Morgan fingerprint density at radius 2 is 2.07 bits per heavy atom. The zero-order valence-electron chi connectivity index (χ0n) is 16.7. The summed E-state index contributed by atoms with van der Waals surface area (Å²) < 4.78 is 38.4. The molecule has 1 saturated heterocycles. The molecule has 1 atom stereocenters. The molecule has 0 aliphatic carbocycles. The zero-order chi connectivity index (χ0) is 21.3. The number of hydrogen-bond donors (Lipinski definition) is 0. The van der Waals surface area contributed by atoms with Crippen molar-refractivity contribution in [1.29, 1.82) is 0 Å². The van der Waals surface area contributed by atoms with Crippen molar-refractivity contribution in [2.45, 2.75) is 30.6 Å². The van der Waals surface area contributed by atoms with Crippen molar-refractivity contribution >= 4 is 21.6 Å². The fourth-order valence-electron chi connectivity index (χ4n) is 3.53. The average Bonchev–Trinajstić information content (AvgIpc) is 3.26. The number of rotatable bonds is 5. The summed E-state index contributed by atoms with van der Waals surface area (Å²) in [4.78, 5) is 4.71. The van der Waals surface area contributed by atoms with Crippen LogP contribution in [0.4, 0.5) is 0 Å². The molecule has 0 N–H and O–H groups in total. The van der Waals surface area contributed by atoms with E-state index in [1.54, 1.807) is 19.2 Å². The summed E-state index contributed by atoms with van der Waals surface area (Å²) in [5, 5.41) is 4.51. The number of ether oxygens (including phenoxy) is 1. The molecule has 30 heavy (non-hydrogen) atoms. The Morgan fingerprint density at radius 1 is 1.23 bits per heavy atom. The van der Waals surface area contributed by atoms with E-state index in [1.807, 2.05) is 31.2 Å². The van der Waals surface area contributed by atoms with Gasteiger partial charge in [-0.1, -0.05) is 35.0 Å². The standard InChI is InChI=1S/C21H22ClN3O4S/c1-14-8-9-18(12-19(14)22)30(26,27)25-10-4-6-16(13-25)21-23-20(24-29-21)15-5-3-7-17(11-15)28-2/h3,5,7-9,11-12,16H,4,6,10,13H2,1-2H3/t16-/m0/s1. The summed E-state index contributed by atoms with van der Waals surface area (Å²) in [5.41, 5.74) is 1.61. The second-order valence-electron chi connectivity index (χ2n) is 7.30. The maximum absolute atomic E-state index is 13.1. The van der Waals surface area contributed by atoms with Crippen molar-refractivity contribution in [2.24, 2.45) is 0 Å². The minimum Gasteiger partial charge on any atom is -0.497 e. The molecular formula is C21H22ClN3O4S. The lowest BCUT2D eigenvalue weighted by molar-refractivity contribution is 0.265. The van der Waals surface area contributed by atoms with Crippen LogP contribution in [0.1, 0.15) is 30.2 Å². The molecule has 0 amide bonds. The SMILES string of the molecule is COc1cccc(-c2noc([C@H]3CCCN(S(=O)(=O)c4ccc(C)c(Cl)c4)C3)n2)c1. The summed E-state index contributed by atoms with van der Waals surface area (Å²) in [7, 11) is -2.06. The van der Waals surface area contributed by atoms with Gasteiger partial charge in [0.2, 0.25) is 21.7 Å². The van der Waals surface area contributed by atoms with Gasteiger partial charge in [-0.2, -0.15) is 9.29 Å². The molecule has 2 aromatic carbocycles. The van der Waals surface area contributed by atoms with Gasteiger partial charge in [0.05, 0.1) is 17.9 Å². The summed E-state index contributed by atoms with van der Waals surface area (Å²) in [5.74, 6) is 1.43. The molecule has 1 fully saturated rings. The van der Waals surface area contributed by atoms with Crippen LogP contribution in [0.3, 0.4) is 0 Å². The lowest BCUT2D eigenvalue weighted by atomic mass is 10.00. The molecule has 0 spiro atoms. The molecule has 7 nitrogen and oxygen atoms in total. The first-order valence-corrected chi connectivity index (χ1v) is 11.4. The van der Waals surface area contributed by atoms with E-state index in [9.17, 15) is 8.42 Å². The largest absolute Gasteiger partial charge is 0.497 e. The topological polar surface area (TPSA) is 85.5 Å². The number of benzene rings is 2. The third-order valence-corrected chi connectivity index (χ3v) is 7.55. The minimum atomic E-state index is -3.65. The third kappa shape index (κ3) is 4.08. The third-order valence-electron chi connectivity index (χ3n) is 5.28. The van der Waals surface area contributed by atoms with E-state index in [4.69, 9.17) is 20.9 Å². The number of halogens is 1. The van der Waals surface area contributed by atoms with Crippen molar-refractivity contribution in [3.05, 3.63) is 58.9 Å². The smallest absolute Gasteiger partial charge is 0.243 e. The predicted octanol–water partition coefficient (Wildman–Crippen LogP) is 4.28. The van der Waals surface area contributed by atoms with Crippen LogP contribution >= 0.6 is 11.6 Å². The lowest BCUT2D eigenvalue weighted by Gasteiger charge is -2.30. The fraction of sp³-hybridized carbons (Fsp3) is 0.333. The summed E-state index contributed by atoms with van der Waals surface area (Å²) in [6.07, 6.45) is 1.49. The Kier molecular flexibility index (Phi) is 5.81. The Hall–Kier alpha value is -2.42. The van der Waals surface area contributed by atoms with E-state index in [2.05, 4.69) is 10.1 Å². The van der Waals surface area contributed by atoms with Crippen molar-refractivity contribution in [3.8, 4) is 17.1 Å². The number of hydrogen-bond acceptors (Lipinski definition) is 6. The monoisotopic (exact) mass is 447 g/mol. The van der Waals surface area contributed by atoms with E-state index in [1.165, 1.54) is 10.4 Å². The van der Waals surface area contributed by atoms with Gasteiger partial charge in [-0.3, -0.25) is 0 Å². The van der Waals surface area contributed by atoms with E-state index < -0.39 is 10.0 Å². The van der Waals surface area contributed by atoms with Crippen molar-refractivity contribution in [2.75, 3.05) is 20.2 Å². The Labute approximate surface area is 180 Å². The molecule has 9 heteroatoms. The summed E-state index contributed by atoms with van der Waals surface area (Å²) >= 11 is 6.14. The molecule has 1 aromatic heterocycles. The number of nitrogens with zero attached hydrogens (tertiary/aromatic N) is 3. The van der Waals surface area contributed by atoms with Crippen LogP contribution in [0.25, 0.3) is 11.4 Å². The molecule has 0 saturated carbocycles. The molecule has 0 bridgehead atoms. The Bertz CT molecular complexity index is 1160. The van der Waals surface area contributed by atoms with Crippen LogP contribution in [0, 0.1) is 6.92 Å². The van der Waals surface area contributed by atoms with Crippen LogP contribution in [-0.4, -0.2) is 43.1 Å². The highest BCUT2D eigenvalue weighted by atomic mass is 35.5. The fourth-order valence-corrected chi connectivity index (χ4v) is 5.32. The molecule has 1 aliphatic rings. The maximum atomic E-state index is 13.1. The molecule has 0 unspecified atom stereocenters. The Balaban J connectivity index is 1.55. The van der Waals surface area contributed by atoms with E-state index >= 15 is 0 Å². The molecule has 3 aromatic rings. The first-order chi connectivity index (χ1) is 14.4.